The highest BCUT2D eigenvalue weighted by molar-refractivity contribution is 7.21. The van der Waals surface area contributed by atoms with E-state index in [-0.39, 0.29) is 5.78 Å². The van der Waals surface area contributed by atoms with E-state index in [1.165, 1.54) is 11.3 Å². The van der Waals surface area contributed by atoms with E-state index in [1.54, 1.807) is 38.5 Å². The molecule has 0 saturated carbocycles. The van der Waals surface area contributed by atoms with Crippen LogP contribution in [0.4, 0.5) is 5.69 Å². The first-order valence-electron chi connectivity index (χ1n) is 11.2. The molecule has 0 saturated heterocycles. The van der Waals surface area contributed by atoms with Crippen molar-refractivity contribution >= 4 is 44.6 Å². The first kappa shape index (κ1) is 23.9. The molecule has 5 rings (SSSR count). The molecule has 5 aromatic rings. The summed E-state index contributed by atoms with van der Waals surface area (Å²) in [5.74, 6) is 1.06. The second-order valence-corrected chi connectivity index (χ2v) is 9.79. The first-order chi connectivity index (χ1) is 17.4. The summed E-state index contributed by atoms with van der Waals surface area (Å²) < 4.78 is 11.0. The number of thiophene rings is 1. The molecule has 0 fully saturated rings. The lowest BCUT2D eigenvalue weighted by molar-refractivity contribution is 0.104. The standard InChI is InChI=1S/C29H23ClN2O3S/c1-16-4-6-17(7-5-16)22-15-21(19-10-13-23(34-2)24(14-19)35-3)25-26(31)28(36-29(25)32-22)27(33)18-8-11-20(30)12-9-18/h4-15H,31H2,1-3H3. The predicted molar refractivity (Wildman–Crippen MR) is 148 cm³/mol. The number of nitrogen functional groups attached to an aromatic ring is 1. The summed E-state index contributed by atoms with van der Waals surface area (Å²) >= 11 is 7.31. The number of hydrogen-bond donors (Lipinski definition) is 1. The Balaban J connectivity index is 1.75. The Labute approximate surface area is 218 Å². The third-order valence-corrected chi connectivity index (χ3v) is 7.40. The molecule has 7 heteroatoms. The second kappa shape index (κ2) is 9.64. The Morgan fingerprint density at radius 3 is 2.22 bits per heavy atom. The summed E-state index contributed by atoms with van der Waals surface area (Å²) in [6, 6.07) is 22.7. The van der Waals surface area contributed by atoms with E-state index in [0.29, 0.717) is 37.5 Å². The molecule has 36 heavy (non-hydrogen) atoms. The van der Waals surface area contributed by atoms with Crippen molar-refractivity contribution in [2.24, 2.45) is 0 Å². The molecular weight excluding hydrogens is 492 g/mol. The third kappa shape index (κ3) is 4.30. The molecule has 0 atom stereocenters. The maximum Gasteiger partial charge on any atom is 0.205 e. The van der Waals surface area contributed by atoms with Crippen LogP contribution >= 0.6 is 22.9 Å². The van der Waals surface area contributed by atoms with Gasteiger partial charge in [-0.05, 0) is 60.5 Å². The van der Waals surface area contributed by atoms with Gasteiger partial charge in [0.15, 0.2) is 11.5 Å². The van der Waals surface area contributed by atoms with Crippen molar-refractivity contribution in [1.29, 1.82) is 0 Å². The zero-order chi connectivity index (χ0) is 25.4. The monoisotopic (exact) mass is 514 g/mol. The van der Waals surface area contributed by atoms with Crippen molar-refractivity contribution in [1.82, 2.24) is 4.98 Å². The van der Waals surface area contributed by atoms with Crippen LogP contribution in [0.15, 0.2) is 72.8 Å². The van der Waals surface area contributed by atoms with Crippen LogP contribution in [-0.4, -0.2) is 25.0 Å². The van der Waals surface area contributed by atoms with Crippen LogP contribution in [0.3, 0.4) is 0 Å². The molecule has 5 nitrogen and oxygen atoms in total. The summed E-state index contributed by atoms with van der Waals surface area (Å²) in [6.45, 7) is 2.05. The lowest BCUT2D eigenvalue weighted by Crippen LogP contribution is -2.02. The number of fused-ring (bicyclic) bond motifs is 1. The average Bonchev–Trinajstić information content (AvgIpc) is 3.24. The van der Waals surface area contributed by atoms with E-state index >= 15 is 0 Å². The molecule has 0 aliphatic rings. The Bertz CT molecular complexity index is 1590. The highest BCUT2D eigenvalue weighted by Crippen LogP contribution is 2.43. The van der Waals surface area contributed by atoms with Crippen LogP contribution in [0.1, 0.15) is 20.8 Å². The SMILES string of the molecule is COc1ccc(-c2cc(-c3ccc(C)cc3)nc3sc(C(=O)c4ccc(Cl)cc4)c(N)c23)cc1OC. The van der Waals surface area contributed by atoms with Gasteiger partial charge in [-0.2, -0.15) is 0 Å². The average molecular weight is 515 g/mol. The van der Waals surface area contributed by atoms with E-state index in [9.17, 15) is 4.79 Å². The summed E-state index contributed by atoms with van der Waals surface area (Å²) in [5, 5.41) is 1.30. The van der Waals surface area contributed by atoms with Gasteiger partial charge in [-0.3, -0.25) is 4.79 Å². The number of rotatable bonds is 6. The number of nitrogens with two attached hydrogens (primary N) is 1. The molecule has 2 N–H and O–H groups in total. The van der Waals surface area contributed by atoms with Gasteiger partial charge >= 0.3 is 0 Å². The molecule has 2 aromatic heterocycles. The van der Waals surface area contributed by atoms with Crippen LogP contribution in [-0.2, 0) is 0 Å². The van der Waals surface area contributed by atoms with E-state index in [0.717, 1.165) is 33.3 Å². The van der Waals surface area contributed by atoms with Gasteiger partial charge in [-0.15, -0.1) is 11.3 Å². The topological polar surface area (TPSA) is 74.4 Å². The number of carbonyl (C=O) groups excluding carboxylic acids is 1. The molecule has 2 heterocycles. The highest BCUT2D eigenvalue weighted by Gasteiger charge is 2.23. The van der Waals surface area contributed by atoms with Gasteiger partial charge in [-0.25, -0.2) is 4.98 Å². The van der Waals surface area contributed by atoms with Gasteiger partial charge in [0.1, 0.15) is 9.71 Å². The predicted octanol–water partition coefficient (Wildman–Crippen LogP) is 7.42. The lowest BCUT2D eigenvalue weighted by Gasteiger charge is -2.12. The molecule has 180 valence electrons. The van der Waals surface area contributed by atoms with Crippen LogP contribution in [0.5, 0.6) is 11.5 Å². The summed E-state index contributed by atoms with van der Waals surface area (Å²) in [6.07, 6.45) is 0. The van der Waals surface area contributed by atoms with Crippen molar-refractivity contribution in [2.75, 3.05) is 20.0 Å². The molecule has 0 aliphatic heterocycles. The minimum atomic E-state index is -0.165. The van der Waals surface area contributed by atoms with Crippen molar-refractivity contribution in [2.45, 2.75) is 6.92 Å². The van der Waals surface area contributed by atoms with Gasteiger partial charge in [0.25, 0.3) is 0 Å². The van der Waals surface area contributed by atoms with Crippen molar-refractivity contribution in [3.8, 4) is 33.9 Å². The fourth-order valence-corrected chi connectivity index (χ4v) is 5.33. The van der Waals surface area contributed by atoms with E-state index < -0.39 is 0 Å². The van der Waals surface area contributed by atoms with E-state index in [4.69, 9.17) is 31.8 Å². The van der Waals surface area contributed by atoms with Crippen LogP contribution < -0.4 is 15.2 Å². The number of ketones is 1. The van der Waals surface area contributed by atoms with Gasteiger partial charge < -0.3 is 15.2 Å². The van der Waals surface area contributed by atoms with E-state index in [1.807, 2.05) is 43.3 Å². The Morgan fingerprint density at radius 1 is 0.889 bits per heavy atom. The number of ether oxygens (including phenoxy) is 2. The molecule has 0 aliphatic carbocycles. The number of aromatic nitrogens is 1. The lowest BCUT2D eigenvalue weighted by atomic mass is 9.98. The molecule has 0 amide bonds. The number of hydrogen-bond acceptors (Lipinski definition) is 6. The van der Waals surface area contributed by atoms with Gasteiger partial charge in [0.2, 0.25) is 5.78 Å². The van der Waals surface area contributed by atoms with Crippen LogP contribution in [0.2, 0.25) is 5.02 Å². The largest absolute Gasteiger partial charge is 0.493 e. The fraction of sp³-hybridized carbons (Fsp3) is 0.103. The molecule has 3 aromatic carbocycles. The van der Waals surface area contributed by atoms with Crippen molar-refractivity contribution in [3.63, 3.8) is 0 Å². The smallest absolute Gasteiger partial charge is 0.205 e. The molecule has 0 unspecified atom stereocenters. The van der Waals surface area contributed by atoms with Crippen LogP contribution in [0.25, 0.3) is 32.6 Å². The zero-order valence-corrected chi connectivity index (χ0v) is 21.5. The van der Waals surface area contributed by atoms with Gasteiger partial charge in [0.05, 0.1) is 25.6 Å². The number of aryl methyl sites for hydroxylation is 1. The summed E-state index contributed by atoms with van der Waals surface area (Å²) in [5.41, 5.74) is 12.2. The Kier molecular flexibility index (Phi) is 6.39. The first-order valence-corrected chi connectivity index (χ1v) is 12.4. The van der Waals surface area contributed by atoms with Crippen LogP contribution in [0, 0.1) is 6.92 Å². The Morgan fingerprint density at radius 2 is 1.56 bits per heavy atom. The fourth-order valence-electron chi connectivity index (χ4n) is 4.13. The molecule has 0 radical (unpaired) electrons. The number of carbonyl (C=O) groups is 1. The van der Waals surface area contributed by atoms with Crippen molar-refractivity contribution < 1.29 is 14.3 Å². The summed E-state index contributed by atoms with van der Waals surface area (Å²) in [7, 11) is 3.20. The number of benzene rings is 3. The highest BCUT2D eigenvalue weighted by atomic mass is 35.5. The Hall–Kier alpha value is -3.87. The number of nitrogens with zero attached hydrogens (tertiary/aromatic N) is 1. The van der Waals surface area contributed by atoms with E-state index in [2.05, 4.69) is 12.1 Å². The minimum Gasteiger partial charge on any atom is -0.493 e. The maximum absolute atomic E-state index is 13.4. The molecule has 0 bridgehead atoms. The summed E-state index contributed by atoms with van der Waals surface area (Å²) in [4.78, 5) is 19.4. The third-order valence-electron chi connectivity index (χ3n) is 6.05. The normalized spacial score (nSPS) is 11.0. The second-order valence-electron chi connectivity index (χ2n) is 8.35. The number of pyridine rings is 1. The number of anilines is 1. The van der Waals surface area contributed by atoms with Gasteiger partial charge in [0, 0.05) is 21.5 Å². The van der Waals surface area contributed by atoms with Crippen molar-refractivity contribution in [3.05, 3.63) is 93.8 Å². The molecular formula is C29H23ClN2O3S. The minimum absolute atomic E-state index is 0.165. The maximum atomic E-state index is 13.4. The molecule has 0 spiro atoms. The van der Waals surface area contributed by atoms with Gasteiger partial charge in [-0.1, -0.05) is 47.5 Å². The number of halogens is 1. The number of methoxy groups -OCH3 is 2. The zero-order valence-electron chi connectivity index (χ0n) is 20.0. The quantitative estimate of drug-likeness (QED) is 0.238.